The second-order valence-electron chi connectivity index (χ2n) is 4.39. The van der Waals surface area contributed by atoms with Gasteiger partial charge in [-0.15, -0.1) is 0 Å². The normalized spacial score (nSPS) is 10.3. The van der Waals surface area contributed by atoms with Gasteiger partial charge < -0.3 is 15.2 Å². The number of aryl methyl sites for hydroxylation is 2. The van der Waals surface area contributed by atoms with Gasteiger partial charge in [0.1, 0.15) is 11.6 Å². The zero-order valence-electron chi connectivity index (χ0n) is 11.9. The van der Waals surface area contributed by atoms with Gasteiger partial charge in [-0.3, -0.25) is 4.79 Å². The highest BCUT2D eigenvalue weighted by Crippen LogP contribution is 2.14. The fourth-order valence-electron chi connectivity index (χ4n) is 1.79. The lowest BCUT2D eigenvalue weighted by atomic mass is 10.2. The molecule has 0 aliphatic carbocycles. The monoisotopic (exact) mass is 274 g/mol. The zero-order chi connectivity index (χ0) is 14.5. The number of hydrogen-bond acceptors (Lipinski definition) is 5. The molecule has 0 atom stereocenters. The molecule has 2 aromatic heterocycles. The molecule has 6 nitrogen and oxygen atoms in total. The van der Waals surface area contributed by atoms with E-state index in [2.05, 4.69) is 20.8 Å². The number of carbonyl (C=O) groups excluding carboxylic acids is 1. The topological polar surface area (TPSA) is 80.0 Å². The smallest absolute Gasteiger partial charge is 0.257 e. The minimum Gasteiger partial charge on any atom is -0.370 e. The molecule has 0 saturated heterocycles. The average molecular weight is 274 g/mol. The van der Waals surface area contributed by atoms with E-state index in [4.69, 9.17) is 4.52 Å². The Balaban J connectivity index is 2.21. The maximum Gasteiger partial charge on any atom is 0.257 e. The fourth-order valence-corrected chi connectivity index (χ4v) is 1.79. The van der Waals surface area contributed by atoms with Crippen LogP contribution < -0.4 is 10.6 Å². The molecule has 2 heterocycles. The molecule has 0 spiro atoms. The summed E-state index contributed by atoms with van der Waals surface area (Å²) in [4.78, 5) is 16.6. The quantitative estimate of drug-likeness (QED) is 0.876. The standard InChI is InChI=1S/C14H18N4O2/c1-4-11-7-10(8-12(16-11)15-5-2)14(19)17-13-6-9(3)20-18-13/h6-8H,4-5H2,1-3H3,(H,15,16)(H,17,18,19). The van der Waals surface area contributed by atoms with Crippen molar-refractivity contribution in [2.75, 3.05) is 17.2 Å². The van der Waals surface area contributed by atoms with Crippen molar-refractivity contribution in [3.05, 3.63) is 35.2 Å². The van der Waals surface area contributed by atoms with Gasteiger partial charge in [0.15, 0.2) is 5.82 Å². The van der Waals surface area contributed by atoms with Crippen molar-refractivity contribution in [1.82, 2.24) is 10.1 Å². The molecule has 0 radical (unpaired) electrons. The van der Waals surface area contributed by atoms with Crippen molar-refractivity contribution in [2.24, 2.45) is 0 Å². The first-order valence-corrected chi connectivity index (χ1v) is 6.62. The molecular formula is C14H18N4O2. The van der Waals surface area contributed by atoms with E-state index >= 15 is 0 Å². The van der Waals surface area contributed by atoms with E-state index in [1.807, 2.05) is 13.8 Å². The Kier molecular flexibility index (Phi) is 4.34. The molecule has 0 aromatic carbocycles. The molecule has 0 aliphatic rings. The summed E-state index contributed by atoms with van der Waals surface area (Å²) in [6, 6.07) is 5.18. The Bertz CT molecular complexity index is 607. The number of hydrogen-bond donors (Lipinski definition) is 2. The van der Waals surface area contributed by atoms with Gasteiger partial charge in [0.2, 0.25) is 0 Å². The summed E-state index contributed by atoms with van der Waals surface area (Å²) < 4.78 is 4.92. The molecule has 2 rings (SSSR count). The minimum atomic E-state index is -0.227. The largest absolute Gasteiger partial charge is 0.370 e. The summed E-state index contributed by atoms with van der Waals surface area (Å²) in [5, 5.41) is 9.56. The SMILES string of the molecule is CCNc1cc(C(=O)Nc2cc(C)on2)cc(CC)n1. The van der Waals surface area contributed by atoms with Crippen LogP contribution in [0.2, 0.25) is 0 Å². The van der Waals surface area contributed by atoms with Crippen molar-refractivity contribution in [2.45, 2.75) is 27.2 Å². The van der Waals surface area contributed by atoms with E-state index in [1.165, 1.54) is 0 Å². The Hall–Kier alpha value is -2.37. The Labute approximate surface area is 117 Å². The predicted molar refractivity (Wildman–Crippen MR) is 77.0 cm³/mol. The highest BCUT2D eigenvalue weighted by Gasteiger charge is 2.11. The van der Waals surface area contributed by atoms with Crippen LogP contribution in [0.4, 0.5) is 11.6 Å². The summed E-state index contributed by atoms with van der Waals surface area (Å²) in [6.07, 6.45) is 0.766. The number of pyridine rings is 1. The van der Waals surface area contributed by atoms with Crippen LogP contribution in [0.1, 0.15) is 35.7 Å². The van der Waals surface area contributed by atoms with Gasteiger partial charge >= 0.3 is 0 Å². The Morgan fingerprint density at radius 3 is 2.65 bits per heavy atom. The van der Waals surface area contributed by atoms with Crippen molar-refractivity contribution in [3.63, 3.8) is 0 Å². The van der Waals surface area contributed by atoms with Gasteiger partial charge in [-0.2, -0.15) is 0 Å². The third-order valence-electron chi connectivity index (χ3n) is 2.73. The molecule has 2 N–H and O–H groups in total. The van der Waals surface area contributed by atoms with Crippen LogP contribution in [-0.2, 0) is 6.42 Å². The lowest BCUT2D eigenvalue weighted by Gasteiger charge is -2.08. The van der Waals surface area contributed by atoms with E-state index in [9.17, 15) is 4.79 Å². The van der Waals surface area contributed by atoms with Crippen LogP contribution in [0, 0.1) is 6.92 Å². The van der Waals surface area contributed by atoms with Gasteiger partial charge in [0.05, 0.1) is 0 Å². The maximum absolute atomic E-state index is 12.2. The lowest BCUT2D eigenvalue weighted by molar-refractivity contribution is 0.102. The molecule has 0 bridgehead atoms. The second-order valence-corrected chi connectivity index (χ2v) is 4.39. The number of aromatic nitrogens is 2. The average Bonchev–Trinajstić information content (AvgIpc) is 2.84. The van der Waals surface area contributed by atoms with Crippen molar-refractivity contribution in [3.8, 4) is 0 Å². The molecular weight excluding hydrogens is 256 g/mol. The maximum atomic E-state index is 12.2. The number of carbonyl (C=O) groups is 1. The number of anilines is 2. The van der Waals surface area contributed by atoms with E-state index in [-0.39, 0.29) is 5.91 Å². The molecule has 6 heteroatoms. The van der Waals surface area contributed by atoms with Gasteiger partial charge in [-0.1, -0.05) is 12.1 Å². The molecule has 2 aromatic rings. The summed E-state index contributed by atoms with van der Waals surface area (Å²) >= 11 is 0. The number of amides is 1. The van der Waals surface area contributed by atoms with Crippen molar-refractivity contribution in [1.29, 1.82) is 0 Å². The Morgan fingerprint density at radius 2 is 2.05 bits per heavy atom. The molecule has 0 fully saturated rings. The van der Waals surface area contributed by atoms with Crippen LogP contribution in [0.3, 0.4) is 0 Å². The number of nitrogens with zero attached hydrogens (tertiary/aromatic N) is 2. The summed E-state index contributed by atoms with van der Waals surface area (Å²) in [5.74, 6) is 1.54. The van der Waals surface area contributed by atoms with Crippen LogP contribution >= 0.6 is 0 Å². The third-order valence-corrected chi connectivity index (χ3v) is 2.73. The Morgan fingerprint density at radius 1 is 1.25 bits per heavy atom. The van der Waals surface area contributed by atoms with Crippen LogP contribution in [0.25, 0.3) is 0 Å². The van der Waals surface area contributed by atoms with Gasteiger partial charge in [0.25, 0.3) is 5.91 Å². The number of rotatable bonds is 5. The number of nitrogens with one attached hydrogen (secondary N) is 2. The minimum absolute atomic E-state index is 0.227. The van der Waals surface area contributed by atoms with Crippen LogP contribution in [0.5, 0.6) is 0 Å². The fraction of sp³-hybridized carbons (Fsp3) is 0.357. The van der Waals surface area contributed by atoms with Gasteiger partial charge in [-0.25, -0.2) is 4.98 Å². The third kappa shape index (κ3) is 3.34. The zero-order valence-corrected chi connectivity index (χ0v) is 11.9. The van der Waals surface area contributed by atoms with Crippen molar-refractivity contribution < 1.29 is 9.32 Å². The van der Waals surface area contributed by atoms with E-state index < -0.39 is 0 Å². The summed E-state index contributed by atoms with van der Waals surface area (Å²) in [6.45, 7) is 6.51. The van der Waals surface area contributed by atoms with E-state index in [0.717, 1.165) is 18.7 Å². The molecule has 0 aliphatic heterocycles. The lowest BCUT2D eigenvalue weighted by Crippen LogP contribution is -2.14. The second kappa shape index (κ2) is 6.18. The van der Waals surface area contributed by atoms with Gasteiger partial charge in [0, 0.05) is 23.9 Å². The highest BCUT2D eigenvalue weighted by atomic mass is 16.5. The molecule has 1 amide bonds. The molecule has 20 heavy (non-hydrogen) atoms. The molecule has 0 unspecified atom stereocenters. The van der Waals surface area contributed by atoms with E-state index in [1.54, 1.807) is 25.1 Å². The van der Waals surface area contributed by atoms with Crippen LogP contribution in [-0.4, -0.2) is 22.6 Å². The first-order chi connectivity index (χ1) is 9.62. The van der Waals surface area contributed by atoms with Crippen LogP contribution in [0.15, 0.2) is 22.7 Å². The van der Waals surface area contributed by atoms with Crippen molar-refractivity contribution >= 4 is 17.5 Å². The first-order valence-electron chi connectivity index (χ1n) is 6.62. The first kappa shape index (κ1) is 14.0. The molecule has 0 saturated carbocycles. The molecule has 106 valence electrons. The summed E-state index contributed by atoms with van der Waals surface area (Å²) in [5.41, 5.74) is 1.42. The highest BCUT2D eigenvalue weighted by molar-refractivity contribution is 6.04. The predicted octanol–water partition coefficient (Wildman–Crippen LogP) is 2.62. The summed E-state index contributed by atoms with van der Waals surface area (Å²) in [7, 11) is 0. The van der Waals surface area contributed by atoms with Gasteiger partial charge in [-0.05, 0) is 32.4 Å². The van der Waals surface area contributed by atoms with E-state index in [0.29, 0.717) is 23.0 Å².